The number of amides is 1. The molecule has 5 heteroatoms. The van der Waals surface area contributed by atoms with Crippen molar-refractivity contribution in [2.45, 2.75) is 13.1 Å². The Morgan fingerprint density at radius 3 is 2.56 bits per heavy atom. The van der Waals surface area contributed by atoms with Gasteiger partial charge in [-0.25, -0.2) is 0 Å². The highest BCUT2D eigenvalue weighted by Crippen LogP contribution is 2.17. The summed E-state index contributed by atoms with van der Waals surface area (Å²) in [5, 5.41) is 2.94. The molecule has 3 rings (SSSR count). The molecule has 0 aromatic heterocycles. The molecule has 0 spiro atoms. The van der Waals surface area contributed by atoms with E-state index >= 15 is 0 Å². The number of hydrogen-bond donors (Lipinski definition) is 1. The zero-order valence-electron chi connectivity index (χ0n) is 14.5. The molecule has 1 saturated heterocycles. The van der Waals surface area contributed by atoms with E-state index in [1.165, 1.54) is 5.56 Å². The monoisotopic (exact) mass is 340 g/mol. The van der Waals surface area contributed by atoms with Gasteiger partial charge in [0.05, 0.1) is 20.3 Å². The van der Waals surface area contributed by atoms with Crippen LogP contribution in [0, 0.1) is 0 Å². The lowest BCUT2D eigenvalue weighted by Gasteiger charge is -2.26. The fourth-order valence-electron chi connectivity index (χ4n) is 2.91. The third-order valence-corrected chi connectivity index (χ3v) is 4.36. The Hall–Kier alpha value is -2.37. The molecule has 0 atom stereocenters. The second kappa shape index (κ2) is 8.65. The van der Waals surface area contributed by atoms with Crippen molar-refractivity contribution >= 4 is 5.91 Å². The minimum absolute atomic E-state index is 0.0798. The fraction of sp³-hybridized carbons (Fsp3) is 0.350. The van der Waals surface area contributed by atoms with E-state index in [4.69, 9.17) is 9.47 Å². The average molecular weight is 340 g/mol. The molecule has 0 bridgehead atoms. The van der Waals surface area contributed by atoms with Crippen molar-refractivity contribution in [2.75, 3.05) is 33.4 Å². The summed E-state index contributed by atoms with van der Waals surface area (Å²) < 4.78 is 10.7. The van der Waals surface area contributed by atoms with Gasteiger partial charge in [-0.3, -0.25) is 9.69 Å². The summed E-state index contributed by atoms with van der Waals surface area (Å²) in [7, 11) is 1.63. The number of hydrogen-bond acceptors (Lipinski definition) is 4. The van der Waals surface area contributed by atoms with E-state index in [9.17, 15) is 4.79 Å². The highest BCUT2D eigenvalue weighted by atomic mass is 16.5. The van der Waals surface area contributed by atoms with Crippen LogP contribution in [0.15, 0.2) is 48.5 Å². The zero-order valence-corrected chi connectivity index (χ0v) is 14.5. The van der Waals surface area contributed by atoms with Crippen LogP contribution in [0.25, 0.3) is 0 Å². The van der Waals surface area contributed by atoms with Crippen LogP contribution in [0.5, 0.6) is 5.75 Å². The first kappa shape index (κ1) is 17.5. The number of carbonyl (C=O) groups is 1. The Bertz CT molecular complexity index is 694. The summed E-state index contributed by atoms with van der Waals surface area (Å²) >= 11 is 0. The lowest BCUT2D eigenvalue weighted by molar-refractivity contribution is 0.0342. The molecule has 1 fully saturated rings. The van der Waals surface area contributed by atoms with Crippen molar-refractivity contribution in [3.05, 3.63) is 65.2 Å². The summed E-state index contributed by atoms with van der Waals surface area (Å²) in [4.78, 5) is 14.7. The first-order chi connectivity index (χ1) is 12.3. The zero-order chi connectivity index (χ0) is 17.5. The smallest absolute Gasteiger partial charge is 0.251 e. The summed E-state index contributed by atoms with van der Waals surface area (Å²) in [6, 6.07) is 15.5. The maximum absolute atomic E-state index is 12.3. The Morgan fingerprint density at radius 1 is 1.12 bits per heavy atom. The Morgan fingerprint density at radius 2 is 1.84 bits per heavy atom. The maximum Gasteiger partial charge on any atom is 0.251 e. The van der Waals surface area contributed by atoms with Crippen LogP contribution >= 0.6 is 0 Å². The highest BCUT2D eigenvalue weighted by Gasteiger charge is 2.11. The molecule has 0 radical (unpaired) electrons. The fourth-order valence-corrected chi connectivity index (χ4v) is 2.91. The van der Waals surface area contributed by atoms with E-state index in [2.05, 4.69) is 10.2 Å². The number of methoxy groups -OCH3 is 1. The Labute approximate surface area is 148 Å². The van der Waals surface area contributed by atoms with Crippen LogP contribution in [0.3, 0.4) is 0 Å². The Kier molecular flexibility index (Phi) is 6.04. The summed E-state index contributed by atoms with van der Waals surface area (Å²) in [6.07, 6.45) is 0. The van der Waals surface area contributed by atoms with Gasteiger partial charge in [0.2, 0.25) is 0 Å². The first-order valence-electron chi connectivity index (χ1n) is 8.55. The molecule has 0 saturated carbocycles. The van der Waals surface area contributed by atoms with Gasteiger partial charge >= 0.3 is 0 Å². The molecular weight excluding hydrogens is 316 g/mol. The number of rotatable bonds is 6. The summed E-state index contributed by atoms with van der Waals surface area (Å²) in [6.45, 7) is 4.85. The lowest BCUT2D eigenvalue weighted by atomic mass is 10.1. The van der Waals surface area contributed by atoms with Crippen LogP contribution in [0.4, 0.5) is 0 Å². The predicted octanol–water partition coefficient (Wildman–Crippen LogP) is 2.46. The summed E-state index contributed by atoms with van der Waals surface area (Å²) in [5.74, 6) is 0.701. The van der Waals surface area contributed by atoms with Gasteiger partial charge in [-0.2, -0.15) is 0 Å². The van der Waals surface area contributed by atoms with E-state index < -0.39 is 0 Å². The molecule has 5 nitrogen and oxygen atoms in total. The maximum atomic E-state index is 12.3. The van der Waals surface area contributed by atoms with Gasteiger partial charge < -0.3 is 14.8 Å². The minimum atomic E-state index is -0.0798. The molecule has 1 N–H and O–H groups in total. The number of benzene rings is 2. The first-order valence-corrected chi connectivity index (χ1v) is 8.55. The van der Waals surface area contributed by atoms with Gasteiger partial charge in [0, 0.05) is 37.3 Å². The number of carbonyl (C=O) groups excluding carboxylic acids is 1. The minimum Gasteiger partial charge on any atom is -0.496 e. The third-order valence-electron chi connectivity index (χ3n) is 4.36. The number of para-hydroxylation sites is 1. The highest BCUT2D eigenvalue weighted by molar-refractivity contribution is 5.94. The molecule has 0 unspecified atom stereocenters. The molecule has 132 valence electrons. The van der Waals surface area contributed by atoms with E-state index in [0.717, 1.165) is 44.2 Å². The van der Waals surface area contributed by atoms with Crippen molar-refractivity contribution in [1.29, 1.82) is 0 Å². The average Bonchev–Trinajstić information content (AvgIpc) is 2.67. The number of morpholine rings is 1. The van der Waals surface area contributed by atoms with Crippen molar-refractivity contribution < 1.29 is 14.3 Å². The van der Waals surface area contributed by atoms with Crippen molar-refractivity contribution in [2.24, 2.45) is 0 Å². The van der Waals surface area contributed by atoms with Crippen LogP contribution in [-0.4, -0.2) is 44.2 Å². The number of ether oxygens (including phenoxy) is 2. The van der Waals surface area contributed by atoms with E-state index in [1.807, 2.05) is 48.5 Å². The second-order valence-electron chi connectivity index (χ2n) is 6.08. The standard InChI is InChI=1S/C20H24N2O3/c1-24-19-5-3-2-4-18(19)14-21-20(23)17-8-6-16(7-9-17)15-22-10-12-25-13-11-22/h2-9H,10-15H2,1H3,(H,21,23). The Balaban J connectivity index is 1.55. The van der Waals surface area contributed by atoms with Gasteiger partial charge in [0.25, 0.3) is 5.91 Å². The van der Waals surface area contributed by atoms with E-state index in [0.29, 0.717) is 12.1 Å². The molecule has 25 heavy (non-hydrogen) atoms. The van der Waals surface area contributed by atoms with Gasteiger partial charge in [-0.15, -0.1) is 0 Å². The van der Waals surface area contributed by atoms with Gasteiger partial charge in [0.15, 0.2) is 0 Å². The molecule has 1 aliphatic heterocycles. The van der Waals surface area contributed by atoms with Crippen molar-refractivity contribution in [1.82, 2.24) is 10.2 Å². The predicted molar refractivity (Wildman–Crippen MR) is 96.7 cm³/mol. The molecular formula is C20H24N2O3. The van der Waals surface area contributed by atoms with Crippen LogP contribution in [-0.2, 0) is 17.8 Å². The molecule has 1 amide bonds. The quantitative estimate of drug-likeness (QED) is 0.878. The normalized spacial score (nSPS) is 14.9. The summed E-state index contributed by atoms with van der Waals surface area (Å²) in [5.41, 5.74) is 2.84. The third kappa shape index (κ3) is 4.81. The largest absolute Gasteiger partial charge is 0.496 e. The molecule has 0 aliphatic carbocycles. The molecule has 1 aliphatic rings. The van der Waals surface area contributed by atoms with Crippen molar-refractivity contribution in [3.63, 3.8) is 0 Å². The van der Waals surface area contributed by atoms with Crippen LogP contribution < -0.4 is 10.1 Å². The van der Waals surface area contributed by atoms with Gasteiger partial charge in [-0.1, -0.05) is 30.3 Å². The van der Waals surface area contributed by atoms with Crippen LogP contribution in [0.1, 0.15) is 21.5 Å². The van der Waals surface area contributed by atoms with Crippen molar-refractivity contribution in [3.8, 4) is 5.75 Å². The van der Waals surface area contributed by atoms with E-state index in [1.54, 1.807) is 7.11 Å². The van der Waals surface area contributed by atoms with Gasteiger partial charge in [0.1, 0.15) is 5.75 Å². The lowest BCUT2D eigenvalue weighted by Crippen LogP contribution is -2.35. The second-order valence-corrected chi connectivity index (χ2v) is 6.08. The topological polar surface area (TPSA) is 50.8 Å². The number of nitrogens with zero attached hydrogens (tertiary/aromatic N) is 1. The molecule has 1 heterocycles. The van der Waals surface area contributed by atoms with Crippen LogP contribution in [0.2, 0.25) is 0 Å². The van der Waals surface area contributed by atoms with E-state index in [-0.39, 0.29) is 5.91 Å². The van der Waals surface area contributed by atoms with Gasteiger partial charge in [-0.05, 0) is 23.8 Å². The molecule has 2 aromatic rings. The number of nitrogens with one attached hydrogen (secondary N) is 1. The SMILES string of the molecule is COc1ccccc1CNC(=O)c1ccc(CN2CCOCC2)cc1. The molecule has 2 aromatic carbocycles.